The fourth-order valence-corrected chi connectivity index (χ4v) is 7.78. The van der Waals surface area contributed by atoms with E-state index < -0.39 is 89.7 Å². The van der Waals surface area contributed by atoms with Crippen molar-refractivity contribution in [3.05, 3.63) is 59.7 Å². The topological polar surface area (TPSA) is 243 Å². The van der Waals surface area contributed by atoms with Gasteiger partial charge in [-0.15, -0.1) is 0 Å². The van der Waals surface area contributed by atoms with Gasteiger partial charge in [0.2, 0.25) is 23.6 Å². The average Bonchev–Trinajstić information content (AvgIpc) is 3.72. The number of aliphatic hydroxyl groups is 1. The maximum absolute atomic E-state index is 14.7. The van der Waals surface area contributed by atoms with Crippen molar-refractivity contribution in [1.82, 2.24) is 25.3 Å². The minimum absolute atomic E-state index is 0.00339. The number of aromatic hydroxyl groups is 2. The third-order valence-corrected chi connectivity index (χ3v) is 11.5. The van der Waals surface area contributed by atoms with Gasteiger partial charge in [-0.05, 0) is 66.5 Å². The molecule has 1 aliphatic heterocycles. The number of benzene rings is 2. The van der Waals surface area contributed by atoms with Crippen molar-refractivity contribution >= 4 is 35.5 Å². The second-order valence-electron chi connectivity index (χ2n) is 17.0. The summed E-state index contributed by atoms with van der Waals surface area (Å²) in [5.41, 5.74) is 7.34. The number of hydrogen-bond donors (Lipinski definition) is 7. The zero-order valence-corrected chi connectivity index (χ0v) is 36.8. The van der Waals surface area contributed by atoms with Crippen molar-refractivity contribution in [2.75, 3.05) is 20.6 Å². The number of hydrogen-bond acceptors (Lipinski definition) is 10. The summed E-state index contributed by atoms with van der Waals surface area (Å²) in [4.78, 5) is 86.6. The molecule has 0 aliphatic carbocycles. The largest absolute Gasteiger partial charge is 0.508 e. The van der Waals surface area contributed by atoms with Crippen LogP contribution in [0, 0.1) is 11.8 Å². The number of aliphatic carboxylic acids is 1. The van der Waals surface area contributed by atoms with Crippen LogP contribution in [0.1, 0.15) is 97.1 Å². The standard InChI is InChI=1S/C45H68N6O10/c1-8-9-10-11-12-14-33(46)39(54)41(56)48-37(27(2)3)43(58)50(7)38(28(4)5)44(59)49(6)36(26-30-18-22-32(53)23-19-30)42(57)51-24-13-15-35(51)40(55)47-34(45(60)61)25-29-16-20-31(52)21-17-29/h16-23,27-28,33-39,52-54H,8-15,24-26,46H2,1-7H3,(H,47,55)(H,48,56)(H,60,61)/t33-,34-,35-,36-,37-,38?,39-/m0/s1. The van der Waals surface area contributed by atoms with E-state index in [0.717, 1.165) is 32.1 Å². The number of carboxylic acid groups (broad SMARTS) is 1. The number of nitrogens with two attached hydrogens (primary N) is 1. The Balaban J connectivity index is 1.86. The predicted molar refractivity (Wildman–Crippen MR) is 230 cm³/mol. The summed E-state index contributed by atoms with van der Waals surface area (Å²) >= 11 is 0. The molecule has 7 atom stereocenters. The van der Waals surface area contributed by atoms with Crippen molar-refractivity contribution < 1.29 is 49.2 Å². The molecule has 1 heterocycles. The smallest absolute Gasteiger partial charge is 0.326 e. The number of nitrogens with one attached hydrogen (secondary N) is 2. The van der Waals surface area contributed by atoms with E-state index in [1.165, 1.54) is 53.1 Å². The summed E-state index contributed by atoms with van der Waals surface area (Å²) in [6, 6.07) is 5.44. The number of carboxylic acids is 1. The molecule has 1 fully saturated rings. The molecular formula is C45H68N6O10. The number of unbranched alkanes of at least 4 members (excludes halogenated alkanes) is 4. The van der Waals surface area contributed by atoms with Gasteiger partial charge < -0.3 is 51.5 Å². The Morgan fingerprint density at radius 1 is 0.787 bits per heavy atom. The zero-order valence-electron chi connectivity index (χ0n) is 36.8. The fourth-order valence-electron chi connectivity index (χ4n) is 7.78. The molecular weight excluding hydrogens is 785 g/mol. The molecule has 8 N–H and O–H groups in total. The molecule has 2 aromatic rings. The number of phenols is 2. The van der Waals surface area contributed by atoms with Gasteiger partial charge in [-0.25, -0.2) is 4.79 Å². The summed E-state index contributed by atoms with van der Waals surface area (Å²) in [6.45, 7) is 9.24. The van der Waals surface area contributed by atoms with Crippen LogP contribution in [-0.4, -0.2) is 134 Å². The van der Waals surface area contributed by atoms with E-state index >= 15 is 0 Å². The van der Waals surface area contributed by atoms with E-state index in [2.05, 4.69) is 17.6 Å². The molecule has 0 radical (unpaired) electrons. The second kappa shape index (κ2) is 23.7. The maximum Gasteiger partial charge on any atom is 0.326 e. The zero-order chi connectivity index (χ0) is 45.6. The van der Waals surface area contributed by atoms with Crippen molar-refractivity contribution in [2.45, 2.75) is 141 Å². The van der Waals surface area contributed by atoms with Crippen LogP contribution < -0.4 is 16.4 Å². The molecule has 0 aromatic heterocycles. The van der Waals surface area contributed by atoms with Crippen molar-refractivity contribution in [2.24, 2.45) is 17.6 Å². The highest BCUT2D eigenvalue weighted by Crippen LogP contribution is 2.25. The highest BCUT2D eigenvalue weighted by molar-refractivity contribution is 5.97. The Kier molecular flexibility index (Phi) is 19.5. The van der Waals surface area contributed by atoms with Gasteiger partial charge in [0.15, 0.2) is 0 Å². The monoisotopic (exact) mass is 852 g/mol. The summed E-state index contributed by atoms with van der Waals surface area (Å²) in [5, 5.41) is 45.6. The Morgan fingerprint density at radius 2 is 1.34 bits per heavy atom. The normalized spacial score (nSPS) is 16.9. The third-order valence-electron chi connectivity index (χ3n) is 11.5. The van der Waals surface area contributed by atoms with E-state index in [0.29, 0.717) is 24.0 Å². The maximum atomic E-state index is 14.7. The minimum Gasteiger partial charge on any atom is -0.508 e. The van der Waals surface area contributed by atoms with Gasteiger partial charge in [-0.1, -0.05) is 91.0 Å². The number of likely N-dealkylation sites (N-methyl/N-ethyl adjacent to an activating group) is 2. The van der Waals surface area contributed by atoms with Gasteiger partial charge in [-0.3, -0.25) is 24.0 Å². The quantitative estimate of drug-likeness (QED) is 0.0802. The number of phenolic OH excluding ortho intramolecular Hbond substituents is 2. The highest BCUT2D eigenvalue weighted by Gasteiger charge is 2.44. The average molecular weight is 853 g/mol. The molecule has 0 bridgehead atoms. The number of carbonyl (C=O) groups excluding carboxylic acids is 5. The van der Waals surface area contributed by atoms with E-state index in [9.17, 15) is 49.2 Å². The predicted octanol–water partition coefficient (Wildman–Crippen LogP) is 2.94. The number of aliphatic hydroxyl groups excluding tert-OH is 1. The Labute approximate surface area is 359 Å². The SMILES string of the molecule is CCCCCCC[C@H](N)[C@H](O)C(=O)N[C@H](C(=O)N(C)C(C(=O)N(C)[C@@H](Cc1ccc(O)cc1)C(=O)N1CCC[C@H]1C(=O)N[C@@H](Cc1ccc(O)cc1)C(=O)O)C(C)C)C(C)C. The Hall–Kier alpha value is -5.22. The molecule has 1 unspecified atom stereocenters. The van der Waals surface area contributed by atoms with Crippen LogP contribution in [0.2, 0.25) is 0 Å². The molecule has 1 saturated heterocycles. The Bertz CT molecular complexity index is 1770. The summed E-state index contributed by atoms with van der Waals surface area (Å²) in [6.07, 6.45) is 4.38. The molecule has 5 amide bonds. The van der Waals surface area contributed by atoms with E-state index in [-0.39, 0.29) is 37.3 Å². The third kappa shape index (κ3) is 14.2. The van der Waals surface area contributed by atoms with Crippen LogP contribution in [0.4, 0.5) is 0 Å². The lowest BCUT2D eigenvalue weighted by atomic mass is 9.95. The number of nitrogens with zero attached hydrogens (tertiary/aromatic N) is 3. The lowest BCUT2D eigenvalue weighted by molar-refractivity contribution is -0.154. The van der Waals surface area contributed by atoms with Crippen molar-refractivity contribution in [3.63, 3.8) is 0 Å². The van der Waals surface area contributed by atoms with Crippen LogP contribution in [-0.2, 0) is 41.6 Å². The molecule has 338 valence electrons. The van der Waals surface area contributed by atoms with Gasteiger partial charge in [-0.2, -0.15) is 0 Å². The van der Waals surface area contributed by atoms with Gasteiger partial charge in [0.1, 0.15) is 47.8 Å². The molecule has 3 rings (SSSR count). The molecule has 2 aromatic carbocycles. The van der Waals surface area contributed by atoms with E-state index in [4.69, 9.17) is 5.73 Å². The molecule has 61 heavy (non-hydrogen) atoms. The number of rotatable bonds is 23. The van der Waals surface area contributed by atoms with E-state index in [1.807, 2.05) is 0 Å². The van der Waals surface area contributed by atoms with Gasteiger partial charge >= 0.3 is 5.97 Å². The number of amides is 5. The van der Waals surface area contributed by atoms with Gasteiger partial charge in [0.25, 0.3) is 5.91 Å². The van der Waals surface area contributed by atoms with Crippen LogP contribution in [0.3, 0.4) is 0 Å². The first-order valence-corrected chi connectivity index (χ1v) is 21.5. The minimum atomic E-state index is -1.54. The number of carbonyl (C=O) groups is 6. The molecule has 1 aliphatic rings. The fraction of sp³-hybridized carbons (Fsp3) is 0.600. The van der Waals surface area contributed by atoms with Crippen molar-refractivity contribution in [3.8, 4) is 11.5 Å². The lowest BCUT2D eigenvalue weighted by Crippen LogP contribution is -2.61. The highest BCUT2D eigenvalue weighted by atomic mass is 16.4. The first-order valence-electron chi connectivity index (χ1n) is 21.5. The van der Waals surface area contributed by atoms with Gasteiger partial charge in [0.05, 0.1) is 0 Å². The summed E-state index contributed by atoms with van der Waals surface area (Å²) in [5.74, 6) is -5.38. The molecule has 16 nitrogen and oxygen atoms in total. The van der Waals surface area contributed by atoms with Crippen LogP contribution in [0.25, 0.3) is 0 Å². The lowest BCUT2D eigenvalue weighted by Gasteiger charge is -2.39. The first-order chi connectivity index (χ1) is 28.8. The van der Waals surface area contributed by atoms with Crippen LogP contribution in [0.5, 0.6) is 11.5 Å². The molecule has 0 saturated carbocycles. The second-order valence-corrected chi connectivity index (χ2v) is 17.0. The molecule has 0 spiro atoms. The Morgan fingerprint density at radius 3 is 1.87 bits per heavy atom. The van der Waals surface area contributed by atoms with E-state index in [1.54, 1.807) is 52.0 Å². The van der Waals surface area contributed by atoms with Crippen molar-refractivity contribution in [1.29, 1.82) is 0 Å². The summed E-state index contributed by atoms with van der Waals surface area (Å²) in [7, 11) is 2.90. The summed E-state index contributed by atoms with van der Waals surface area (Å²) < 4.78 is 0. The number of likely N-dealkylation sites (tertiary alicyclic amines) is 1. The van der Waals surface area contributed by atoms with Crippen LogP contribution in [0.15, 0.2) is 48.5 Å². The van der Waals surface area contributed by atoms with Gasteiger partial charge in [0, 0.05) is 39.5 Å². The van der Waals surface area contributed by atoms with Crippen LogP contribution >= 0.6 is 0 Å². The molecule has 16 heteroatoms. The first kappa shape index (κ1) is 50.1.